The maximum absolute atomic E-state index is 11.9. The number of carbonyl (C=O) groups is 3. The number of hydrogen-bond acceptors (Lipinski definition) is 5. The van der Waals surface area contributed by atoms with Gasteiger partial charge in [0, 0.05) is 11.1 Å². The van der Waals surface area contributed by atoms with Gasteiger partial charge < -0.3 is 15.5 Å². The van der Waals surface area contributed by atoms with Gasteiger partial charge in [-0.1, -0.05) is 11.6 Å². The van der Waals surface area contributed by atoms with Crippen LogP contribution in [0.3, 0.4) is 0 Å². The molecule has 9 nitrogen and oxygen atoms in total. The number of carbonyl (C=O) groups excluding carboxylic acids is 1. The Morgan fingerprint density at radius 2 is 1.95 bits per heavy atom. The van der Waals surface area contributed by atoms with Crippen LogP contribution < -0.4 is 5.32 Å². The molecule has 0 unspecified atom stereocenters. The van der Waals surface area contributed by atoms with E-state index >= 15 is 0 Å². The number of carboxylic acids is 2. The molecule has 0 saturated heterocycles. The van der Waals surface area contributed by atoms with E-state index in [4.69, 9.17) is 21.8 Å². The van der Waals surface area contributed by atoms with Gasteiger partial charge in [-0.3, -0.25) is 19.7 Å². The molecule has 1 rings (SSSR count). The number of nitro benzene ring substituents is 1. The Hall–Kier alpha value is -2.68. The molecule has 112 valence electrons. The highest BCUT2D eigenvalue weighted by atomic mass is 35.5. The van der Waals surface area contributed by atoms with Crippen molar-refractivity contribution in [1.82, 2.24) is 5.32 Å². The predicted molar refractivity (Wildman–Crippen MR) is 69.2 cm³/mol. The lowest BCUT2D eigenvalue weighted by Crippen LogP contribution is -2.42. The van der Waals surface area contributed by atoms with E-state index in [0.717, 1.165) is 12.1 Å². The second kappa shape index (κ2) is 6.66. The fourth-order valence-corrected chi connectivity index (χ4v) is 1.63. The first-order valence-electron chi connectivity index (χ1n) is 5.41. The lowest BCUT2D eigenvalue weighted by molar-refractivity contribution is -0.385. The number of nitro groups is 1. The third-order valence-electron chi connectivity index (χ3n) is 2.38. The standard InChI is InChI=1S/C11H9ClN2O7/c12-5-1-2-8(14(20)21)6(3-5)10(17)13-7(11(18)19)4-9(15)16/h1-3,7H,4H2,(H,13,17)(H,15,16)(H,18,19)/t7-/m0/s1. The van der Waals surface area contributed by atoms with Gasteiger partial charge in [-0.2, -0.15) is 0 Å². The Labute approximate surface area is 122 Å². The summed E-state index contributed by atoms with van der Waals surface area (Å²) in [6.45, 7) is 0. The van der Waals surface area contributed by atoms with E-state index in [1.165, 1.54) is 6.07 Å². The molecular formula is C11H9ClN2O7. The van der Waals surface area contributed by atoms with Gasteiger partial charge in [-0.05, 0) is 12.1 Å². The first-order valence-corrected chi connectivity index (χ1v) is 5.79. The number of hydrogen-bond donors (Lipinski definition) is 3. The normalized spacial score (nSPS) is 11.5. The second-order valence-electron chi connectivity index (χ2n) is 3.88. The van der Waals surface area contributed by atoms with Crippen LogP contribution in [0.25, 0.3) is 0 Å². The average molecular weight is 317 g/mol. The number of carboxylic acid groups (broad SMARTS) is 2. The van der Waals surface area contributed by atoms with Gasteiger partial charge in [0.05, 0.1) is 11.3 Å². The molecule has 0 aromatic heterocycles. The van der Waals surface area contributed by atoms with Gasteiger partial charge in [0.25, 0.3) is 11.6 Å². The zero-order valence-corrected chi connectivity index (χ0v) is 11.0. The fraction of sp³-hybridized carbons (Fsp3) is 0.182. The van der Waals surface area contributed by atoms with Gasteiger partial charge in [-0.15, -0.1) is 0 Å². The van der Waals surface area contributed by atoms with E-state index in [-0.39, 0.29) is 5.02 Å². The summed E-state index contributed by atoms with van der Waals surface area (Å²) in [4.78, 5) is 43.2. The summed E-state index contributed by atoms with van der Waals surface area (Å²) in [6, 6.07) is 1.47. The lowest BCUT2D eigenvalue weighted by Gasteiger charge is -2.12. The van der Waals surface area contributed by atoms with Gasteiger partial charge in [-0.25, -0.2) is 4.79 Å². The first-order chi connectivity index (χ1) is 9.72. The fourth-order valence-electron chi connectivity index (χ4n) is 1.46. The van der Waals surface area contributed by atoms with Crippen molar-refractivity contribution in [2.75, 3.05) is 0 Å². The largest absolute Gasteiger partial charge is 0.481 e. The number of rotatable bonds is 6. The van der Waals surface area contributed by atoms with Crippen molar-refractivity contribution >= 4 is 35.1 Å². The number of benzene rings is 1. The van der Waals surface area contributed by atoms with Crippen molar-refractivity contribution in [1.29, 1.82) is 0 Å². The Bertz CT molecular complexity index is 617. The van der Waals surface area contributed by atoms with Crippen molar-refractivity contribution in [3.63, 3.8) is 0 Å². The molecule has 1 aromatic rings. The summed E-state index contributed by atoms with van der Waals surface area (Å²) in [5.41, 5.74) is -1.03. The summed E-state index contributed by atoms with van der Waals surface area (Å²) in [6.07, 6.45) is -0.866. The van der Waals surface area contributed by atoms with Gasteiger partial charge >= 0.3 is 11.9 Å². The first kappa shape index (κ1) is 16.4. The molecule has 3 N–H and O–H groups in total. The highest BCUT2D eigenvalue weighted by molar-refractivity contribution is 6.31. The molecule has 0 aliphatic carbocycles. The van der Waals surface area contributed by atoms with E-state index < -0.39 is 46.5 Å². The summed E-state index contributed by atoms with van der Waals surface area (Å²) < 4.78 is 0. The SMILES string of the molecule is O=C(O)C[C@H](NC(=O)c1cc(Cl)ccc1[N+](=O)[O-])C(=O)O. The highest BCUT2D eigenvalue weighted by Gasteiger charge is 2.27. The van der Waals surface area contributed by atoms with Crippen LogP contribution in [0.1, 0.15) is 16.8 Å². The van der Waals surface area contributed by atoms with Crippen LogP contribution in [0.5, 0.6) is 0 Å². The van der Waals surface area contributed by atoms with Crippen molar-refractivity contribution in [2.24, 2.45) is 0 Å². The van der Waals surface area contributed by atoms with Crippen LogP contribution in [0.15, 0.2) is 18.2 Å². The number of nitrogens with zero attached hydrogens (tertiary/aromatic N) is 1. The van der Waals surface area contributed by atoms with Crippen molar-refractivity contribution in [3.05, 3.63) is 38.9 Å². The van der Waals surface area contributed by atoms with E-state index in [2.05, 4.69) is 0 Å². The zero-order valence-electron chi connectivity index (χ0n) is 10.3. The highest BCUT2D eigenvalue weighted by Crippen LogP contribution is 2.22. The van der Waals surface area contributed by atoms with Gasteiger partial charge in [0.2, 0.25) is 0 Å². The molecule has 0 saturated carbocycles. The molecule has 1 amide bonds. The molecule has 0 aliphatic rings. The monoisotopic (exact) mass is 316 g/mol. The Morgan fingerprint density at radius 3 is 2.43 bits per heavy atom. The molecule has 1 aromatic carbocycles. The Balaban J connectivity index is 3.07. The van der Waals surface area contributed by atoms with Crippen LogP contribution in [-0.2, 0) is 9.59 Å². The van der Waals surface area contributed by atoms with Gasteiger partial charge in [0.15, 0.2) is 0 Å². The molecule has 0 bridgehead atoms. The third-order valence-corrected chi connectivity index (χ3v) is 2.62. The van der Waals surface area contributed by atoms with Crippen molar-refractivity contribution in [3.8, 4) is 0 Å². The van der Waals surface area contributed by atoms with Crippen LogP contribution in [0.2, 0.25) is 5.02 Å². The number of amides is 1. The number of aliphatic carboxylic acids is 2. The number of nitrogens with one attached hydrogen (secondary N) is 1. The zero-order chi connectivity index (χ0) is 16.2. The molecule has 1 atom stereocenters. The molecule has 0 aliphatic heterocycles. The summed E-state index contributed by atoms with van der Waals surface area (Å²) in [7, 11) is 0. The third kappa shape index (κ3) is 4.42. The minimum atomic E-state index is -1.71. The molecular weight excluding hydrogens is 308 g/mol. The smallest absolute Gasteiger partial charge is 0.326 e. The van der Waals surface area contributed by atoms with Crippen LogP contribution in [-0.4, -0.2) is 39.0 Å². The Kier molecular flexibility index (Phi) is 5.19. The van der Waals surface area contributed by atoms with E-state index in [0.29, 0.717) is 0 Å². The number of halogens is 1. The average Bonchev–Trinajstić information content (AvgIpc) is 2.36. The molecule has 0 radical (unpaired) electrons. The van der Waals surface area contributed by atoms with E-state index in [1.54, 1.807) is 0 Å². The van der Waals surface area contributed by atoms with Gasteiger partial charge in [0.1, 0.15) is 11.6 Å². The predicted octanol–water partition coefficient (Wildman–Crippen LogP) is 0.906. The molecule has 0 fully saturated rings. The molecule has 10 heteroatoms. The van der Waals surface area contributed by atoms with Crippen molar-refractivity contribution in [2.45, 2.75) is 12.5 Å². The topological polar surface area (TPSA) is 147 Å². The van der Waals surface area contributed by atoms with Crippen LogP contribution >= 0.6 is 11.6 Å². The minimum absolute atomic E-state index is 0.0378. The second-order valence-corrected chi connectivity index (χ2v) is 4.32. The molecule has 0 heterocycles. The van der Waals surface area contributed by atoms with Crippen molar-refractivity contribution < 1.29 is 29.5 Å². The molecule has 0 spiro atoms. The Morgan fingerprint density at radius 1 is 1.33 bits per heavy atom. The lowest BCUT2D eigenvalue weighted by atomic mass is 10.1. The maximum atomic E-state index is 11.9. The summed E-state index contributed by atoms with van der Waals surface area (Å²) >= 11 is 5.64. The van der Waals surface area contributed by atoms with Crippen LogP contribution in [0.4, 0.5) is 5.69 Å². The quantitative estimate of drug-likeness (QED) is 0.521. The van der Waals surface area contributed by atoms with E-state index in [9.17, 15) is 24.5 Å². The summed E-state index contributed by atoms with van der Waals surface area (Å²) in [5.74, 6) is -4.11. The molecule has 21 heavy (non-hydrogen) atoms. The minimum Gasteiger partial charge on any atom is -0.481 e. The van der Waals surface area contributed by atoms with E-state index in [1.807, 2.05) is 5.32 Å². The van der Waals surface area contributed by atoms with Crippen LogP contribution in [0, 0.1) is 10.1 Å². The maximum Gasteiger partial charge on any atom is 0.326 e. The summed E-state index contributed by atoms with van der Waals surface area (Å²) in [5, 5.41) is 30.1.